The Hall–Kier alpha value is -0.0800. The van der Waals surface area contributed by atoms with Crippen LogP contribution in [-0.4, -0.2) is 25.7 Å². The monoisotopic (exact) mass is 126 g/mol. The van der Waals surface area contributed by atoms with Gasteiger partial charge in [-0.25, -0.2) is 0 Å². The summed E-state index contributed by atoms with van der Waals surface area (Å²) in [6.45, 7) is 3.69. The third-order valence-corrected chi connectivity index (χ3v) is 2.50. The minimum absolute atomic E-state index is 0.804. The van der Waals surface area contributed by atoms with Crippen molar-refractivity contribution in [1.29, 1.82) is 0 Å². The Bertz CT molecular complexity index is 91.1. The van der Waals surface area contributed by atoms with Gasteiger partial charge in [-0.1, -0.05) is 0 Å². The summed E-state index contributed by atoms with van der Waals surface area (Å²) in [6, 6.07) is 0.804. The Kier molecular flexibility index (Phi) is 1.44. The molecule has 2 aliphatic heterocycles. The van der Waals surface area contributed by atoms with Gasteiger partial charge in [-0.3, -0.25) is 0 Å². The zero-order valence-electron chi connectivity index (χ0n) is 5.69. The number of nitrogens with one attached hydrogen (secondary N) is 2. The van der Waals surface area contributed by atoms with Crippen LogP contribution in [0.25, 0.3) is 0 Å². The highest BCUT2D eigenvalue weighted by Crippen LogP contribution is 2.18. The van der Waals surface area contributed by atoms with E-state index in [-0.39, 0.29) is 0 Å². The van der Waals surface area contributed by atoms with Crippen molar-refractivity contribution in [2.45, 2.75) is 18.9 Å². The van der Waals surface area contributed by atoms with Crippen LogP contribution in [0, 0.1) is 5.92 Å². The van der Waals surface area contributed by atoms with E-state index >= 15 is 0 Å². The van der Waals surface area contributed by atoms with Gasteiger partial charge >= 0.3 is 0 Å². The lowest BCUT2D eigenvalue weighted by atomic mass is 9.94. The molecule has 0 saturated carbocycles. The second-order valence-corrected chi connectivity index (χ2v) is 3.12. The molecule has 2 rings (SSSR count). The standard InChI is InChI=1S/C7H14N2/c1-2-6-4-8-5-7(6)9-3-1/h6-9H,1-5H2/t6-,7+/m0/s1. The van der Waals surface area contributed by atoms with Crippen LogP contribution in [0.1, 0.15) is 12.8 Å². The summed E-state index contributed by atoms with van der Waals surface area (Å²) in [6.07, 6.45) is 2.81. The maximum atomic E-state index is 3.52. The Morgan fingerprint density at radius 2 is 2.22 bits per heavy atom. The second kappa shape index (κ2) is 2.27. The zero-order chi connectivity index (χ0) is 6.10. The molecule has 0 bridgehead atoms. The van der Waals surface area contributed by atoms with E-state index in [0.29, 0.717) is 0 Å². The van der Waals surface area contributed by atoms with Crippen molar-refractivity contribution in [2.75, 3.05) is 19.6 Å². The second-order valence-electron chi connectivity index (χ2n) is 3.12. The summed E-state index contributed by atoms with van der Waals surface area (Å²) in [5, 5.41) is 6.92. The Morgan fingerprint density at radius 1 is 1.22 bits per heavy atom. The number of piperidine rings is 1. The maximum absolute atomic E-state index is 3.52. The van der Waals surface area contributed by atoms with Gasteiger partial charge in [0.1, 0.15) is 0 Å². The predicted molar refractivity (Wildman–Crippen MR) is 37.4 cm³/mol. The molecule has 2 aliphatic rings. The fraction of sp³-hybridized carbons (Fsp3) is 1.00. The molecule has 0 aromatic heterocycles. The van der Waals surface area contributed by atoms with Gasteiger partial charge in [-0.05, 0) is 31.8 Å². The quantitative estimate of drug-likeness (QED) is 0.476. The molecule has 0 aromatic rings. The lowest BCUT2D eigenvalue weighted by Crippen LogP contribution is -2.40. The van der Waals surface area contributed by atoms with E-state index in [2.05, 4.69) is 10.6 Å². The first-order valence-electron chi connectivity index (χ1n) is 3.91. The van der Waals surface area contributed by atoms with Crippen LogP contribution in [0.4, 0.5) is 0 Å². The van der Waals surface area contributed by atoms with Crippen molar-refractivity contribution < 1.29 is 0 Å². The average molecular weight is 126 g/mol. The Balaban J connectivity index is 1.97. The van der Waals surface area contributed by atoms with Crippen molar-refractivity contribution in [3.05, 3.63) is 0 Å². The molecule has 2 fully saturated rings. The number of fused-ring (bicyclic) bond motifs is 1. The zero-order valence-corrected chi connectivity index (χ0v) is 5.69. The van der Waals surface area contributed by atoms with Gasteiger partial charge in [0.15, 0.2) is 0 Å². The van der Waals surface area contributed by atoms with Crippen LogP contribution in [0.5, 0.6) is 0 Å². The molecule has 2 saturated heterocycles. The molecule has 9 heavy (non-hydrogen) atoms. The van der Waals surface area contributed by atoms with Gasteiger partial charge < -0.3 is 10.6 Å². The normalized spacial score (nSPS) is 42.7. The lowest BCUT2D eigenvalue weighted by molar-refractivity contribution is 0.339. The summed E-state index contributed by atoms with van der Waals surface area (Å²) < 4.78 is 0. The molecule has 0 unspecified atom stereocenters. The fourth-order valence-electron chi connectivity index (χ4n) is 1.93. The van der Waals surface area contributed by atoms with Crippen molar-refractivity contribution in [1.82, 2.24) is 10.6 Å². The van der Waals surface area contributed by atoms with E-state index < -0.39 is 0 Å². The van der Waals surface area contributed by atoms with Gasteiger partial charge in [-0.15, -0.1) is 0 Å². The summed E-state index contributed by atoms with van der Waals surface area (Å²) in [4.78, 5) is 0. The minimum atomic E-state index is 0.804. The number of rotatable bonds is 0. The molecule has 0 aromatic carbocycles. The molecular weight excluding hydrogens is 112 g/mol. The number of hydrogen-bond donors (Lipinski definition) is 2. The van der Waals surface area contributed by atoms with Crippen molar-refractivity contribution >= 4 is 0 Å². The SMILES string of the molecule is C1CN[C@@H]2CNC[C@@H]2C1. The topological polar surface area (TPSA) is 24.1 Å². The highest BCUT2D eigenvalue weighted by Gasteiger charge is 2.28. The molecule has 2 nitrogen and oxygen atoms in total. The van der Waals surface area contributed by atoms with E-state index in [0.717, 1.165) is 12.0 Å². The first-order valence-corrected chi connectivity index (χ1v) is 3.91. The maximum Gasteiger partial charge on any atom is 0.0232 e. The number of hydrogen-bond acceptors (Lipinski definition) is 2. The van der Waals surface area contributed by atoms with Gasteiger partial charge in [0.25, 0.3) is 0 Å². The Morgan fingerprint density at radius 3 is 3.11 bits per heavy atom. The summed E-state index contributed by atoms with van der Waals surface area (Å²) in [5.41, 5.74) is 0. The van der Waals surface area contributed by atoms with Gasteiger partial charge in [0.05, 0.1) is 0 Å². The first-order chi connectivity index (χ1) is 4.47. The van der Waals surface area contributed by atoms with Crippen molar-refractivity contribution in [2.24, 2.45) is 5.92 Å². The van der Waals surface area contributed by atoms with E-state index in [1.54, 1.807) is 0 Å². The molecule has 0 aliphatic carbocycles. The molecule has 2 heteroatoms. The fourth-order valence-corrected chi connectivity index (χ4v) is 1.93. The third-order valence-electron chi connectivity index (χ3n) is 2.50. The van der Waals surface area contributed by atoms with Crippen LogP contribution in [0.3, 0.4) is 0 Å². The van der Waals surface area contributed by atoms with Gasteiger partial charge in [-0.2, -0.15) is 0 Å². The molecule has 0 amide bonds. The molecular formula is C7H14N2. The molecule has 2 atom stereocenters. The van der Waals surface area contributed by atoms with E-state index in [1.807, 2.05) is 0 Å². The highest BCUT2D eigenvalue weighted by molar-refractivity contribution is 4.89. The van der Waals surface area contributed by atoms with Gasteiger partial charge in [0.2, 0.25) is 0 Å². The molecule has 0 spiro atoms. The largest absolute Gasteiger partial charge is 0.315 e. The third kappa shape index (κ3) is 0.970. The van der Waals surface area contributed by atoms with Gasteiger partial charge in [0, 0.05) is 12.6 Å². The van der Waals surface area contributed by atoms with Crippen LogP contribution in [0.2, 0.25) is 0 Å². The highest BCUT2D eigenvalue weighted by atomic mass is 15.0. The summed E-state index contributed by atoms with van der Waals surface area (Å²) in [7, 11) is 0. The molecule has 2 N–H and O–H groups in total. The smallest absolute Gasteiger partial charge is 0.0232 e. The van der Waals surface area contributed by atoms with Crippen molar-refractivity contribution in [3.63, 3.8) is 0 Å². The lowest BCUT2D eigenvalue weighted by Gasteiger charge is -2.24. The van der Waals surface area contributed by atoms with E-state index in [1.165, 1.54) is 32.5 Å². The average Bonchev–Trinajstić information content (AvgIpc) is 2.33. The summed E-state index contributed by atoms with van der Waals surface area (Å²) in [5.74, 6) is 0.943. The van der Waals surface area contributed by atoms with Crippen LogP contribution < -0.4 is 10.6 Å². The van der Waals surface area contributed by atoms with Crippen LogP contribution >= 0.6 is 0 Å². The minimum Gasteiger partial charge on any atom is -0.315 e. The van der Waals surface area contributed by atoms with Crippen LogP contribution in [-0.2, 0) is 0 Å². The molecule has 0 radical (unpaired) electrons. The van der Waals surface area contributed by atoms with Crippen LogP contribution in [0.15, 0.2) is 0 Å². The van der Waals surface area contributed by atoms with Crippen molar-refractivity contribution in [3.8, 4) is 0 Å². The predicted octanol–water partition coefficient (Wildman–Crippen LogP) is -0.0422. The van der Waals surface area contributed by atoms with E-state index in [9.17, 15) is 0 Å². The molecule has 52 valence electrons. The van der Waals surface area contributed by atoms with E-state index in [4.69, 9.17) is 0 Å². The Labute approximate surface area is 56.0 Å². The first kappa shape index (κ1) is 5.69. The molecule has 2 heterocycles. The summed E-state index contributed by atoms with van der Waals surface area (Å²) >= 11 is 0.